The predicted molar refractivity (Wildman–Crippen MR) is 204 cm³/mol. The standard InChI is InChI=1S/C45H26N4/c1-2-12-32(13-3-1)49-40-18-5-4-17-37(40)48-45(49)39-26-46-38(25-47-39)31-23-30-22-21-29-10-7-15-34-33-14-6-9-27-19-20-28-11-8-16-35(43(28)41(27)33)36(24-31)44(30)42(29)34/h1-26H. The lowest BCUT2D eigenvalue weighted by molar-refractivity contribution is 1.07. The molecule has 9 aromatic carbocycles. The maximum atomic E-state index is 5.04. The Labute approximate surface area is 280 Å². The first-order valence-electron chi connectivity index (χ1n) is 16.6. The third kappa shape index (κ3) is 3.77. The average Bonchev–Trinajstić information content (AvgIpc) is 3.56. The molecule has 0 fully saturated rings. The monoisotopic (exact) mass is 622 g/mol. The first-order valence-corrected chi connectivity index (χ1v) is 16.6. The Morgan fingerprint density at radius 1 is 0.408 bits per heavy atom. The molecule has 0 bridgehead atoms. The van der Waals surface area contributed by atoms with E-state index in [1.807, 2.05) is 48.8 Å². The quantitative estimate of drug-likeness (QED) is 0.184. The van der Waals surface area contributed by atoms with Gasteiger partial charge in [0.25, 0.3) is 0 Å². The Bertz CT molecular complexity index is 3080. The zero-order chi connectivity index (χ0) is 32.1. The molecular formula is C45H26N4. The molecule has 0 spiro atoms. The van der Waals surface area contributed by atoms with E-state index in [0.29, 0.717) is 0 Å². The lowest BCUT2D eigenvalue weighted by atomic mass is 9.87. The predicted octanol–water partition coefficient (Wildman–Crippen LogP) is 11.5. The number of imidazole rings is 1. The van der Waals surface area contributed by atoms with Crippen LogP contribution in [0.3, 0.4) is 0 Å². The van der Waals surface area contributed by atoms with Gasteiger partial charge >= 0.3 is 0 Å². The second kappa shape index (κ2) is 9.93. The van der Waals surface area contributed by atoms with E-state index in [-0.39, 0.29) is 0 Å². The van der Waals surface area contributed by atoms with Gasteiger partial charge in [-0.05, 0) is 101 Å². The maximum Gasteiger partial charge on any atom is 0.166 e. The van der Waals surface area contributed by atoms with Crippen LogP contribution in [-0.4, -0.2) is 19.5 Å². The second-order valence-electron chi connectivity index (χ2n) is 12.8. The Hall–Kier alpha value is -6.65. The normalized spacial score (nSPS) is 12.1. The van der Waals surface area contributed by atoms with Crippen LogP contribution in [0.2, 0.25) is 0 Å². The molecule has 0 unspecified atom stereocenters. The van der Waals surface area contributed by atoms with Crippen LogP contribution in [-0.2, 0) is 0 Å². The van der Waals surface area contributed by atoms with Gasteiger partial charge in [-0.1, -0.05) is 109 Å². The van der Waals surface area contributed by atoms with Crippen molar-refractivity contribution in [2.24, 2.45) is 0 Å². The summed E-state index contributed by atoms with van der Waals surface area (Å²) in [4.78, 5) is 15.0. The van der Waals surface area contributed by atoms with Crippen molar-refractivity contribution in [2.45, 2.75) is 0 Å². The van der Waals surface area contributed by atoms with E-state index in [9.17, 15) is 0 Å². The molecule has 0 aliphatic heterocycles. The molecule has 226 valence electrons. The molecule has 0 amide bonds. The molecule has 0 saturated heterocycles. The third-order valence-corrected chi connectivity index (χ3v) is 10.2. The summed E-state index contributed by atoms with van der Waals surface area (Å²) in [7, 11) is 0. The van der Waals surface area contributed by atoms with E-state index in [1.54, 1.807) is 0 Å². The molecule has 2 aromatic heterocycles. The van der Waals surface area contributed by atoms with Gasteiger partial charge in [0.2, 0.25) is 0 Å². The van der Waals surface area contributed by atoms with Gasteiger partial charge in [-0.2, -0.15) is 0 Å². The summed E-state index contributed by atoms with van der Waals surface area (Å²) in [6, 6.07) is 52.3. The van der Waals surface area contributed by atoms with Crippen LogP contribution in [0, 0.1) is 0 Å². The minimum Gasteiger partial charge on any atom is -0.291 e. The van der Waals surface area contributed by atoms with E-state index >= 15 is 0 Å². The van der Waals surface area contributed by atoms with Crippen molar-refractivity contribution in [3.8, 4) is 28.5 Å². The van der Waals surface area contributed by atoms with Crippen molar-refractivity contribution in [3.05, 3.63) is 158 Å². The largest absolute Gasteiger partial charge is 0.291 e. The fourth-order valence-electron chi connectivity index (χ4n) is 8.06. The first kappa shape index (κ1) is 26.4. The van der Waals surface area contributed by atoms with Gasteiger partial charge in [-0.25, -0.2) is 9.97 Å². The van der Waals surface area contributed by atoms with Crippen LogP contribution in [0.15, 0.2) is 158 Å². The fraction of sp³-hybridized carbons (Fsp3) is 0. The first-order chi connectivity index (χ1) is 24.3. The highest BCUT2D eigenvalue weighted by atomic mass is 15.1. The SMILES string of the molecule is c1ccc(-n2c(-c3cnc(-c4cc5ccc6cccc7c8cccc9ccc%10cccc(c(c4)c5c67)c%10c98)cn3)nc3ccccc32)cc1. The number of rotatable bonds is 3. The number of para-hydroxylation sites is 3. The Morgan fingerprint density at radius 2 is 0.959 bits per heavy atom. The number of benzene rings is 8. The molecule has 0 saturated carbocycles. The summed E-state index contributed by atoms with van der Waals surface area (Å²) in [6.45, 7) is 0. The number of nitrogens with zero attached hydrogens (tertiary/aromatic N) is 4. The molecule has 2 heterocycles. The fourth-order valence-corrected chi connectivity index (χ4v) is 8.06. The molecule has 0 aliphatic rings. The van der Waals surface area contributed by atoms with Crippen molar-refractivity contribution in [2.75, 3.05) is 0 Å². The Morgan fingerprint density at radius 3 is 1.61 bits per heavy atom. The van der Waals surface area contributed by atoms with Gasteiger partial charge in [-0.3, -0.25) is 9.55 Å². The Kier molecular flexibility index (Phi) is 5.35. The highest BCUT2D eigenvalue weighted by molar-refractivity contribution is 6.37. The van der Waals surface area contributed by atoms with Gasteiger partial charge in [0.15, 0.2) is 5.82 Å². The van der Waals surface area contributed by atoms with E-state index in [0.717, 1.165) is 39.5 Å². The lowest BCUT2D eigenvalue weighted by Crippen LogP contribution is -1.99. The highest BCUT2D eigenvalue weighted by Gasteiger charge is 2.18. The smallest absolute Gasteiger partial charge is 0.166 e. The molecule has 0 N–H and O–H groups in total. The van der Waals surface area contributed by atoms with Gasteiger partial charge in [-0.15, -0.1) is 0 Å². The molecule has 0 aliphatic carbocycles. The minimum atomic E-state index is 0.725. The maximum absolute atomic E-state index is 5.04. The van der Waals surface area contributed by atoms with E-state index in [4.69, 9.17) is 15.0 Å². The molecule has 0 atom stereocenters. The Balaban J connectivity index is 1.19. The molecular weight excluding hydrogens is 597 g/mol. The average molecular weight is 623 g/mol. The number of fused-ring (bicyclic) bond motifs is 3. The summed E-state index contributed by atoms with van der Waals surface area (Å²) in [5.41, 5.74) is 5.58. The van der Waals surface area contributed by atoms with Crippen molar-refractivity contribution in [3.63, 3.8) is 0 Å². The zero-order valence-electron chi connectivity index (χ0n) is 26.3. The highest BCUT2D eigenvalue weighted by Crippen LogP contribution is 2.44. The summed E-state index contributed by atoms with van der Waals surface area (Å²) >= 11 is 0. The lowest BCUT2D eigenvalue weighted by Gasteiger charge is -2.17. The summed E-state index contributed by atoms with van der Waals surface area (Å²) in [6.07, 6.45) is 3.75. The summed E-state index contributed by atoms with van der Waals surface area (Å²) in [5.74, 6) is 0.769. The van der Waals surface area contributed by atoms with Crippen molar-refractivity contribution < 1.29 is 0 Å². The third-order valence-electron chi connectivity index (χ3n) is 10.2. The van der Waals surface area contributed by atoms with Crippen LogP contribution >= 0.6 is 0 Å². The van der Waals surface area contributed by atoms with Crippen LogP contribution < -0.4 is 0 Å². The van der Waals surface area contributed by atoms with Gasteiger partial charge in [0, 0.05) is 11.3 Å². The van der Waals surface area contributed by atoms with Crippen LogP contribution in [0.1, 0.15) is 0 Å². The number of hydrogen-bond donors (Lipinski definition) is 0. The zero-order valence-corrected chi connectivity index (χ0v) is 26.3. The number of hydrogen-bond acceptors (Lipinski definition) is 3. The molecule has 4 nitrogen and oxygen atoms in total. The van der Waals surface area contributed by atoms with Crippen molar-refractivity contribution >= 4 is 75.7 Å². The molecule has 4 heteroatoms. The van der Waals surface area contributed by atoms with Gasteiger partial charge in [0.05, 0.1) is 29.1 Å². The topological polar surface area (TPSA) is 43.6 Å². The van der Waals surface area contributed by atoms with Crippen LogP contribution in [0.4, 0.5) is 0 Å². The van der Waals surface area contributed by atoms with Crippen LogP contribution in [0.5, 0.6) is 0 Å². The second-order valence-corrected chi connectivity index (χ2v) is 12.8. The number of aromatic nitrogens is 4. The van der Waals surface area contributed by atoms with Crippen molar-refractivity contribution in [1.29, 1.82) is 0 Å². The van der Waals surface area contributed by atoms with E-state index < -0.39 is 0 Å². The molecule has 11 aromatic rings. The minimum absolute atomic E-state index is 0.725. The van der Waals surface area contributed by atoms with E-state index in [2.05, 4.69) is 114 Å². The van der Waals surface area contributed by atoms with Crippen LogP contribution in [0.25, 0.3) is 104 Å². The molecule has 11 rings (SSSR count). The van der Waals surface area contributed by atoms with Crippen molar-refractivity contribution in [1.82, 2.24) is 19.5 Å². The summed E-state index contributed by atoms with van der Waals surface area (Å²) in [5, 5.41) is 15.1. The van der Waals surface area contributed by atoms with E-state index in [1.165, 1.54) is 64.6 Å². The summed E-state index contributed by atoms with van der Waals surface area (Å²) < 4.78 is 2.16. The van der Waals surface area contributed by atoms with Gasteiger partial charge in [0.1, 0.15) is 5.69 Å². The van der Waals surface area contributed by atoms with Gasteiger partial charge < -0.3 is 0 Å². The molecule has 49 heavy (non-hydrogen) atoms. The molecule has 0 radical (unpaired) electrons.